The van der Waals surface area contributed by atoms with Crippen molar-refractivity contribution in [2.45, 2.75) is 38.9 Å². The van der Waals surface area contributed by atoms with Crippen molar-refractivity contribution in [3.63, 3.8) is 0 Å². The van der Waals surface area contributed by atoms with Crippen molar-refractivity contribution in [2.75, 3.05) is 11.9 Å². The van der Waals surface area contributed by atoms with Crippen LogP contribution in [0.1, 0.15) is 41.8 Å². The van der Waals surface area contributed by atoms with E-state index in [1.165, 1.54) is 6.07 Å². The summed E-state index contributed by atoms with van der Waals surface area (Å²) in [5.41, 5.74) is 0.493. The van der Waals surface area contributed by atoms with Crippen LogP contribution in [0.25, 0.3) is 0 Å². The summed E-state index contributed by atoms with van der Waals surface area (Å²) < 4.78 is 41.8. The fourth-order valence-electron chi connectivity index (χ4n) is 2.08. The predicted molar refractivity (Wildman–Crippen MR) is 85.1 cm³/mol. The van der Waals surface area contributed by atoms with E-state index in [2.05, 4.69) is 22.4 Å². The van der Waals surface area contributed by atoms with Gasteiger partial charge in [0.1, 0.15) is 6.54 Å². The Bertz CT molecular complexity index is 701. The third-order valence-electron chi connectivity index (χ3n) is 3.32. The summed E-state index contributed by atoms with van der Waals surface area (Å²) in [5.74, 6) is 0.140. The van der Waals surface area contributed by atoms with Crippen molar-refractivity contribution in [1.29, 1.82) is 0 Å². The minimum absolute atomic E-state index is 0.109. The van der Waals surface area contributed by atoms with Crippen molar-refractivity contribution in [3.8, 4) is 0 Å². The topological polar surface area (TPSA) is 80.0 Å². The average Bonchev–Trinajstić information content (AvgIpc) is 3.03. The molecule has 2 rings (SSSR count). The molecule has 0 aliphatic heterocycles. The quantitative estimate of drug-likeness (QED) is 0.758. The van der Waals surface area contributed by atoms with Gasteiger partial charge in [0.2, 0.25) is 5.89 Å². The maximum absolute atomic E-state index is 12.2. The maximum Gasteiger partial charge on any atom is 0.405 e. The number of unbranched alkanes of at least 4 members (excludes halogenated alkanes) is 1. The van der Waals surface area contributed by atoms with Crippen LogP contribution in [0.2, 0.25) is 0 Å². The third kappa shape index (κ3) is 6.09. The Morgan fingerprint density at radius 1 is 1.28 bits per heavy atom. The summed E-state index contributed by atoms with van der Waals surface area (Å²) in [4.78, 5) is 16.2. The van der Waals surface area contributed by atoms with Crippen LogP contribution in [0.15, 0.2) is 28.8 Å². The van der Waals surface area contributed by atoms with E-state index in [1.807, 2.05) is 5.32 Å². The summed E-state index contributed by atoms with van der Waals surface area (Å²) in [6.45, 7) is 0.844. The van der Waals surface area contributed by atoms with Gasteiger partial charge in [-0.3, -0.25) is 4.79 Å². The number of alkyl halides is 3. The van der Waals surface area contributed by atoms with Crippen LogP contribution in [0.5, 0.6) is 0 Å². The highest BCUT2D eigenvalue weighted by Gasteiger charge is 2.28. The Balaban J connectivity index is 1.98. The van der Waals surface area contributed by atoms with Crippen LogP contribution in [-0.4, -0.2) is 28.8 Å². The van der Waals surface area contributed by atoms with Crippen molar-refractivity contribution in [2.24, 2.45) is 0 Å². The highest BCUT2D eigenvalue weighted by atomic mass is 19.4. The normalized spacial score (nSPS) is 11.4. The summed E-state index contributed by atoms with van der Waals surface area (Å²) in [7, 11) is 0. The van der Waals surface area contributed by atoms with Crippen molar-refractivity contribution >= 4 is 11.6 Å². The highest BCUT2D eigenvalue weighted by Crippen LogP contribution is 2.17. The van der Waals surface area contributed by atoms with Crippen molar-refractivity contribution < 1.29 is 22.5 Å². The molecule has 25 heavy (non-hydrogen) atoms. The zero-order chi connectivity index (χ0) is 18.3. The first-order chi connectivity index (χ1) is 11.9. The molecule has 0 unspecified atom stereocenters. The molecule has 0 aliphatic carbocycles. The molecule has 0 atom stereocenters. The molecule has 136 valence electrons. The molecule has 0 saturated carbocycles. The van der Waals surface area contributed by atoms with E-state index in [4.69, 9.17) is 4.52 Å². The van der Waals surface area contributed by atoms with Crippen LogP contribution in [-0.2, 0) is 13.0 Å². The lowest BCUT2D eigenvalue weighted by atomic mass is 10.1. The van der Waals surface area contributed by atoms with E-state index < -0.39 is 18.6 Å². The first kappa shape index (κ1) is 18.8. The first-order valence-corrected chi connectivity index (χ1v) is 7.88. The van der Waals surface area contributed by atoms with Crippen LogP contribution < -0.4 is 10.6 Å². The molecule has 1 heterocycles. The van der Waals surface area contributed by atoms with Crippen LogP contribution in [0.4, 0.5) is 18.9 Å². The molecule has 0 fully saturated rings. The second-order valence-electron chi connectivity index (χ2n) is 5.40. The molecule has 1 amide bonds. The van der Waals surface area contributed by atoms with E-state index in [1.54, 1.807) is 18.2 Å². The molecule has 2 N–H and O–H groups in total. The number of hydrogen-bond acceptors (Lipinski definition) is 5. The largest absolute Gasteiger partial charge is 0.405 e. The monoisotopic (exact) mass is 356 g/mol. The number of amides is 1. The number of nitrogens with one attached hydrogen (secondary N) is 2. The number of hydrogen-bond donors (Lipinski definition) is 2. The number of rotatable bonds is 8. The van der Waals surface area contributed by atoms with E-state index in [-0.39, 0.29) is 12.1 Å². The Labute approximate surface area is 142 Å². The van der Waals surface area contributed by atoms with Gasteiger partial charge in [-0.15, -0.1) is 0 Å². The smallest absolute Gasteiger partial charge is 0.375 e. The molecular formula is C16H19F3N4O2. The fraction of sp³-hybridized carbons (Fsp3) is 0.438. The molecular weight excluding hydrogens is 337 g/mol. The fourth-order valence-corrected chi connectivity index (χ4v) is 2.08. The standard InChI is InChI=1S/C16H19F3N4O2/c1-2-3-8-13-22-14(25-23-13)9-20-12-7-5-4-6-11(12)15(24)21-10-16(17,18)19/h4-7,20H,2-3,8-10H2,1H3,(H,21,24). The molecule has 0 bridgehead atoms. The van der Waals surface area contributed by atoms with Gasteiger partial charge < -0.3 is 15.2 Å². The molecule has 0 aliphatic rings. The molecule has 0 spiro atoms. The second-order valence-corrected chi connectivity index (χ2v) is 5.40. The Morgan fingerprint density at radius 2 is 2.04 bits per heavy atom. The molecule has 1 aromatic heterocycles. The number of aromatic nitrogens is 2. The zero-order valence-electron chi connectivity index (χ0n) is 13.7. The van der Waals surface area contributed by atoms with Gasteiger partial charge in [0.15, 0.2) is 5.82 Å². The predicted octanol–water partition coefficient (Wildman–Crippen LogP) is 3.32. The number of halogens is 3. The minimum Gasteiger partial charge on any atom is -0.375 e. The first-order valence-electron chi connectivity index (χ1n) is 7.88. The number of carbonyl (C=O) groups excluding carboxylic acids is 1. The number of benzene rings is 1. The van der Waals surface area contributed by atoms with Crippen molar-refractivity contribution in [1.82, 2.24) is 15.5 Å². The van der Waals surface area contributed by atoms with Crippen LogP contribution >= 0.6 is 0 Å². The second kappa shape index (κ2) is 8.50. The number of para-hydroxylation sites is 1. The summed E-state index contributed by atoms with van der Waals surface area (Å²) >= 11 is 0. The molecule has 0 radical (unpaired) electrons. The molecule has 2 aromatic rings. The van der Waals surface area contributed by atoms with E-state index in [9.17, 15) is 18.0 Å². The number of aryl methyl sites for hydroxylation is 1. The van der Waals surface area contributed by atoms with Crippen LogP contribution in [0.3, 0.4) is 0 Å². The minimum atomic E-state index is -4.46. The summed E-state index contributed by atoms with van der Waals surface area (Å²) in [5, 5.41) is 8.64. The summed E-state index contributed by atoms with van der Waals surface area (Å²) in [6.07, 6.45) is -1.77. The van der Waals surface area contributed by atoms with E-state index in [0.29, 0.717) is 17.4 Å². The van der Waals surface area contributed by atoms with Gasteiger partial charge in [-0.25, -0.2) is 0 Å². The van der Waals surface area contributed by atoms with Gasteiger partial charge in [-0.2, -0.15) is 18.2 Å². The lowest BCUT2D eigenvalue weighted by Gasteiger charge is -2.12. The Kier molecular flexibility index (Phi) is 6.37. The molecule has 0 saturated heterocycles. The van der Waals surface area contributed by atoms with Gasteiger partial charge in [-0.05, 0) is 18.6 Å². The maximum atomic E-state index is 12.2. The lowest BCUT2D eigenvalue weighted by Crippen LogP contribution is -2.34. The zero-order valence-corrected chi connectivity index (χ0v) is 13.7. The van der Waals surface area contributed by atoms with Gasteiger partial charge in [0.25, 0.3) is 5.91 Å². The Hall–Kier alpha value is -2.58. The Morgan fingerprint density at radius 3 is 2.76 bits per heavy atom. The van der Waals surface area contributed by atoms with Gasteiger partial charge in [0.05, 0.1) is 12.1 Å². The molecule has 9 heteroatoms. The highest BCUT2D eigenvalue weighted by molar-refractivity contribution is 5.99. The average molecular weight is 356 g/mol. The van der Waals surface area contributed by atoms with E-state index >= 15 is 0 Å². The van der Waals surface area contributed by atoms with Gasteiger partial charge >= 0.3 is 6.18 Å². The number of anilines is 1. The summed E-state index contributed by atoms with van der Waals surface area (Å²) in [6, 6.07) is 6.28. The van der Waals surface area contributed by atoms with E-state index in [0.717, 1.165) is 19.3 Å². The van der Waals surface area contributed by atoms with Gasteiger partial charge in [0, 0.05) is 12.1 Å². The van der Waals surface area contributed by atoms with Crippen molar-refractivity contribution in [3.05, 3.63) is 41.5 Å². The lowest BCUT2D eigenvalue weighted by molar-refractivity contribution is -0.123. The van der Waals surface area contributed by atoms with Gasteiger partial charge in [-0.1, -0.05) is 30.6 Å². The number of carbonyl (C=O) groups is 1. The van der Waals surface area contributed by atoms with Crippen LogP contribution in [0, 0.1) is 0 Å². The molecule has 1 aromatic carbocycles. The third-order valence-corrected chi connectivity index (χ3v) is 3.32. The number of nitrogens with zero attached hydrogens (tertiary/aromatic N) is 2. The molecule has 6 nitrogen and oxygen atoms in total. The SMILES string of the molecule is CCCCc1noc(CNc2ccccc2C(=O)NCC(F)(F)F)n1.